The highest BCUT2D eigenvalue weighted by molar-refractivity contribution is 5.81. The minimum Gasteiger partial charge on any atom is -0.467 e. The van der Waals surface area contributed by atoms with Crippen LogP contribution in [0.5, 0.6) is 0 Å². The van der Waals surface area contributed by atoms with Crippen molar-refractivity contribution in [1.29, 1.82) is 0 Å². The fourth-order valence-corrected chi connectivity index (χ4v) is 4.98. The zero-order chi connectivity index (χ0) is 25.8. The molecule has 190 valence electrons. The molecule has 1 N–H and O–H groups in total. The van der Waals surface area contributed by atoms with E-state index in [1.165, 1.54) is 11.1 Å². The van der Waals surface area contributed by atoms with Crippen LogP contribution >= 0.6 is 0 Å². The van der Waals surface area contributed by atoms with Gasteiger partial charge in [-0.1, -0.05) is 49.4 Å². The Morgan fingerprint density at radius 1 is 1.03 bits per heavy atom. The second-order valence-electron chi connectivity index (χ2n) is 9.51. The molecule has 2 aromatic carbocycles. The number of nitrogens with one attached hydrogen (secondary N) is 1. The van der Waals surface area contributed by atoms with Gasteiger partial charge in [-0.05, 0) is 77.4 Å². The van der Waals surface area contributed by atoms with Crippen LogP contribution in [0.2, 0.25) is 0 Å². The second kappa shape index (κ2) is 10.9. The smallest absolute Gasteiger partial charge is 0.252 e. The quantitative estimate of drug-likeness (QED) is 0.294. The molecule has 5 rings (SSSR count). The number of hydrogen-bond donors (Lipinski definition) is 1. The highest BCUT2D eigenvalue weighted by atomic mass is 16.3. The molecule has 0 radical (unpaired) electrons. The number of pyridine rings is 1. The average Bonchev–Trinajstić information content (AvgIpc) is 3.58. The molecule has 0 spiro atoms. The van der Waals surface area contributed by atoms with Gasteiger partial charge in [-0.2, -0.15) is 0 Å². The van der Waals surface area contributed by atoms with Crippen molar-refractivity contribution >= 4 is 10.9 Å². The summed E-state index contributed by atoms with van der Waals surface area (Å²) in [6.07, 6.45) is 3.29. The van der Waals surface area contributed by atoms with Crippen LogP contribution in [0.1, 0.15) is 53.2 Å². The summed E-state index contributed by atoms with van der Waals surface area (Å²) in [5.41, 5.74) is 5.16. The van der Waals surface area contributed by atoms with Crippen molar-refractivity contribution in [3.05, 3.63) is 111 Å². The van der Waals surface area contributed by atoms with Gasteiger partial charge < -0.3 is 9.40 Å². The number of benzene rings is 2. The number of aromatic nitrogens is 5. The van der Waals surface area contributed by atoms with Crippen LogP contribution in [-0.2, 0) is 19.5 Å². The first kappa shape index (κ1) is 24.6. The van der Waals surface area contributed by atoms with Crippen molar-refractivity contribution in [1.82, 2.24) is 30.1 Å². The van der Waals surface area contributed by atoms with Crippen LogP contribution in [0, 0.1) is 13.8 Å². The summed E-state index contributed by atoms with van der Waals surface area (Å²) in [5, 5.41) is 13.7. The third kappa shape index (κ3) is 5.39. The maximum Gasteiger partial charge on any atom is 0.252 e. The van der Waals surface area contributed by atoms with Gasteiger partial charge in [0.15, 0.2) is 5.82 Å². The Bertz CT molecular complexity index is 1540. The molecular weight excluding hydrogens is 464 g/mol. The number of nitrogens with zero attached hydrogens (tertiary/aromatic N) is 5. The van der Waals surface area contributed by atoms with Gasteiger partial charge in [0.1, 0.15) is 12.3 Å². The van der Waals surface area contributed by atoms with Crippen LogP contribution in [0.25, 0.3) is 10.9 Å². The number of furan rings is 1. The number of fused-ring (bicyclic) bond motifs is 1. The van der Waals surface area contributed by atoms with Crippen molar-refractivity contribution in [2.75, 3.05) is 6.54 Å². The Balaban J connectivity index is 1.50. The van der Waals surface area contributed by atoms with E-state index >= 15 is 0 Å². The zero-order valence-electron chi connectivity index (χ0n) is 21.5. The minimum atomic E-state index is -0.0819. The van der Waals surface area contributed by atoms with Crippen LogP contribution in [0.15, 0.2) is 76.1 Å². The summed E-state index contributed by atoms with van der Waals surface area (Å²) < 4.78 is 7.33. The van der Waals surface area contributed by atoms with E-state index in [-0.39, 0.29) is 11.6 Å². The van der Waals surface area contributed by atoms with Gasteiger partial charge in [-0.3, -0.25) is 9.69 Å². The summed E-state index contributed by atoms with van der Waals surface area (Å²) in [5.74, 6) is 1.55. The van der Waals surface area contributed by atoms with Gasteiger partial charge in [-0.25, -0.2) is 4.68 Å². The van der Waals surface area contributed by atoms with E-state index in [2.05, 4.69) is 63.5 Å². The lowest BCUT2D eigenvalue weighted by molar-refractivity contribution is 0.171. The number of hydrogen-bond acceptors (Lipinski definition) is 6. The Morgan fingerprint density at radius 2 is 1.86 bits per heavy atom. The maximum atomic E-state index is 13.2. The SMILES string of the molecule is CCC(c1nnnn1Cc1ccco1)N(CCc1ccccc1C)Cc1cc2cccc(C)c2[nH]c1=O. The lowest BCUT2D eigenvalue weighted by Crippen LogP contribution is -2.34. The van der Waals surface area contributed by atoms with Gasteiger partial charge in [0.25, 0.3) is 5.56 Å². The zero-order valence-corrected chi connectivity index (χ0v) is 21.5. The summed E-state index contributed by atoms with van der Waals surface area (Å²) in [6, 6.07) is 20.2. The first-order valence-corrected chi connectivity index (χ1v) is 12.7. The molecular formula is C29H32N6O2. The lowest BCUT2D eigenvalue weighted by Gasteiger charge is -2.30. The van der Waals surface area contributed by atoms with Gasteiger partial charge in [-0.15, -0.1) is 5.10 Å². The number of aromatic amines is 1. The number of rotatable bonds is 10. The summed E-state index contributed by atoms with van der Waals surface area (Å²) in [6.45, 7) is 7.97. The fourth-order valence-electron chi connectivity index (χ4n) is 4.98. The largest absolute Gasteiger partial charge is 0.467 e. The molecule has 3 aromatic heterocycles. The molecule has 1 unspecified atom stereocenters. The number of tetrazole rings is 1. The maximum absolute atomic E-state index is 13.2. The minimum absolute atomic E-state index is 0.0623. The topological polar surface area (TPSA) is 92.8 Å². The van der Waals surface area contributed by atoms with E-state index in [0.29, 0.717) is 13.1 Å². The third-order valence-corrected chi connectivity index (χ3v) is 7.04. The molecule has 0 fully saturated rings. The Morgan fingerprint density at radius 3 is 2.65 bits per heavy atom. The molecule has 8 nitrogen and oxygen atoms in total. The molecule has 8 heteroatoms. The van der Waals surface area contributed by atoms with Gasteiger partial charge in [0, 0.05) is 18.7 Å². The van der Waals surface area contributed by atoms with Crippen molar-refractivity contribution in [2.24, 2.45) is 0 Å². The van der Waals surface area contributed by atoms with E-state index in [9.17, 15) is 4.79 Å². The predicted molar refractivity (Wildman–Crippen MR) is 143 cm³/mol. The molecule has 0 amide bonds. The fraction of sp³-hybridized carbons (Fsp3) is 0.310. The Labute approximate surface area is 215 Å². The van der Waals surface area contributed by atoms with Crippen LogP contribution in [0.3, 0.4) is 0 Å². The molecule has 0 aliphatic carbocycles. The third-order valence-electron chi connectivity index (χ3n) is 7.04. The number of para-hydroxylation sites is 1. The van der Waals surface area contributed by atoms with Gasteiger partial charge in [0.05, 0.1) is 17.8 Å². The molecule has 5 aromatic rings. The predicted octanol–water partition coefficient (Wildman–Crippen LogP) is 4.97. The summed E-state index contributed by atoms with van der Waals surface area (Å²) in [7, 11) is 0. The van der Waals surface area contributed by atoms with E-state index in [1.54, 1.807) is 10.9 Å². The van der Waals surface area contributed by atoms with E-state index in [4.69, 9.17) is 4.42 Å². The summed E-state index contributed by atoms with van der Waals surface area (Å²) >= 11 is 0. The molecule has 0 aliphatic rings. The highest BCUT2D eigenvalue weighted by Gasteiger charge is 2.26. The van der Waals surface area contributed by atoms with E-state index in [1.807, 2.05) is 43.3 Å². The standard InChI is InChI=1S/C29H32N6O2/c1-4-26(28-31-32-33-35(28)19-25-13-8-16-37-25)34(15-14-22-11-6-5-9-20(22)2)18-24-17-23-12-7-10-21(3)27(23)30-29(24)36/h5-13,16-17,26H,4,14-15,18-19H2,1-3H3,(H,30,36). The molecule has 37 heavy (non-hydrogen) atoms. The molecule has 0 saturated carbocycles. The van der Waals surface area contributed by atoms with Crippen LogP contribution in [-0.4, -0.2) is 36.6 Å². The van der Waals surface area contributed by atoms with Crippen molar-refractivity contribution < 1.29 is 4.42 Å². The van der Waals surface area contributed by atoms with Crippen molar-refractivity contribution in [3.8, 4) is 0 Å². The molecule has 0 aliphatic heterocycles. The first-order valence-electron chi connectivity index (χ1n) is 12.7. The average molecular weight is 497 g/mol. The van der Waals surface area contributed by atoms with Crippen LogP contribution < -0.4 is 5.56 Å². The van der Waals surface area contributed by atoms with Crippen molar-refractivity contribution in [3.63, 3.8) is 0 Å². The van der Waals surface area contributed by atoms with E-state index in [0.717, 1.165) is 53.0 Å². The van der Waals surface area contributed by atoms with Gasteiger partial charge >= 0.3 is 0 Å². The first-order chi connectivity index (χ1) is 18.0. The van der Waals surface area contributed by atoms with Crippen molar-refractivity contribution in [2.45, 2.75) is 52.7 Å². The van der Waals surface area contributed by atoms with E-state index < -0.39 is 0 Å². The molecule has 3 heterocycles. The summed E-state index contributed by atoms with van der Waals surface area (Å²) in [4.78, 5) is 18.6. The molecule has 1 atom stereocenters. The monoisotopic (exact) mass is 496 g/mol. The second-order valence-corrected chi connectivity index (χ2v) is 9.51. The Hall–Kier alpha value is -4.04. The number of aryl methyl sites for hydroxylation is 2. The number of H-pyrrole nitrogens is 1. The molecule has 0 saturated heterocycles. The highest BCUT2D eigenvalue weighted by Crippen LogP contribution is 2.26. The molecule has 0 bridgehead atoms. The lowest BCUT2D eigenvalue weighted by atomic mass is 10.0. The van der Waals surface area contributed by atoms with Crippen LogP contribution in [0.4, 0.5) is 0 Å². The van der Waals surface area contributed by atoms with Gasteiger partial charge in [0.2, 0.25) is 0 Å². The normalized spacial score (nSPS) is 12.4. The Kier molecular flexibility index (Phi) is 7.28.